The summed E-state index contributed by atoms with van der Waals surface area (Å²) in [5, 5.41) is 8.70. The lowest BCUT2D eigenvalue weighted by Crippen LogP contribution is -2.48. The van der Waals surface area contributed by atoms with E-state index in [4.69, 9.17) is 0 Å². The van der Waals surface area contributed by atoms with E-state index in [2.05, 4.69) is 49.2 Å². The van der Waals surface area contributed by atoms with Crippen molar-refractivity contribution in [2.45, 2.75) is 52.1 Å². The molecule has 1 atom stereocenters. The summed E-state index contributed by atoms with van der Waals surface area (Å²) in [4.78, 5) is 30.1. The SMILES string of the molecule is Cc1cc2cc3c(=O)n(CC(=O)N[C@@H]4CCCN(C)C4)nc(C(C)C)n3c2s1. The van der Waals surface area contributed by atoms with Crippen LogP contribution in [0.25, 0.3) is 15.7 Å². The third kappa shape index (κ3) is 3.46. The molecule has 1 saturated heterocycles. The Hall–Kier alpha value is -2.19. The number of carbonyl (C=O) groups excluding carboxylic acids is 1. The quantitative estimate of drug-likeness (QED) is 0.728. The van der Waals surface area contributed by atoms with E-state index >= 15 is 0 Å². The first-order chi connectivity index (χ1) is 13.3. The summed E-state index contributed by atoms with van der Waals surface area (Å²) in [6.45, 7) is 8.04. The number of amides is 1. The zero-order valence-corrected chi connectivity index (χ0v) is 17.7. The van der Waals surface area contributed by atoms with Crippen LogP contribution < -0.4 is 10.9 Å². The Kier molecular flexibility index (Phi) is 5.01. The number of rotatable bonds is 4. The molecular weight excluding hydrogens is 374 g/mol. The average molecular weight is 402 g/mol. The van der Waals surface area contributed by atoms with Gasteiger partial charge in [0.2, 0.25) is 5.91 Å². The summed E-state index contributed by atoms with van der Waals surface area (Å²) < 4.78 is 3.29. The molecule has 0 unspecified atom stereocenters. The van der Waals surface area contributed by atoms with Crippen LogP contribution in [0, 0.1) is 6.92 Å². The highest BCUT2D eigenvalue weighted by atomic mass is 32.1. The van der Waals surface area contributed by atoms with Gasteiger partial charge in [-0.2, -0.15) is 5.10 Å². The van der Waals surface area contributed by atoms with Crippen molar-refractivity contribution in [2.24, 2.45) is 0 Å². The number of thiophene rings is 1. The van der Waals surface area contributed by atoms with Crippen LogP contribution in [-0.4, -0.2) is 51.2 Å². The predicted octanol–water partition coefficient (Wildman–Crippen LogP) is 2.35. The van der Waals surface area contributed by atoms with Crippen LogP contribution in [0.15, 0.2) is 16.9 Å². The monoisotopic (exact) mass is 401 g/mol. The minimum atomic E-state index is -0.221. The van der Waals surface area contributed by atoms with E-state index in [-0.39, 0.29) is 30.0 Å². The normalized spacial score (nSPS) is 18.4. The third-order valence-corrected chi connectivity index (χ3v) is 6.36. The van der Waals surface area contributed by atoms with E-state index in [9.17, 15) is 9.59 Å². The number of likely N-dealkylation sites (tertiary alicyclic amines) is 1. The molecular formula is C20H27N5O2S. The molecule has 0 bridgehead atoms. The molecule has 0 spiro atoms. The van der Waals surface area contributed by atoms with Crippen molar-refractivity contribution < 1.29 is 4.79 Å². The summed E-state index contributed by atoms with van der Waals surface area (Å²) in [6.07, 6.45) is 2.05. The predicted molar refractivity (Wildman–Crippen MR) is 112 cm³/mol. The van der Waals surface area contributed by atoms with Gasteiger partial charge in [-0.05, 0) is 45.5 Å². The first kappa shape index (κ1) is 19.1. The van der Waals surface area contributed by atoms with Gasteiger partial charge in [-0.3, -0.25) is 14.0 Å². The minimum Gasteiger partial charge on any atom is -0.350 e. The Morgan fingerprint density at radius 3 is 2.89 bits per heavy atom. The van der Waals surface area contributed by atoms with Crippen molar-refractivity contribution in [1.29, 1.82) is 0 Å². The lowest BCUT2D eigenvalue weighted by molar-refractivity contribution is -0.123. The number of hydrogen-bond donors (Lipinski definition) is 1. The van der Waals surface area contributed by atoms with Crippen LogP contribution in [-0.2, 0) is 11.3 Å². The molecule has 7 nitrogen and oxygen atoms in total. The highest BCUT2D eigenvalue weighted by Crippen LogP contribution is 2.29. The van der Waals surface area contributed by atoms with Gasteiger partial charge in [-0.15, -0.1) is 11.3 Å². The van der Waals surface area contributed by atoms with E-state index in [1.165, 1.54) is 9.56 Å². The molecule has 1 amide bonds. The van der Waals surface area contributed by atoms with E-state index in [1.807, 2.05) is 10.5 Å². The van der Waals surface area contributed by atoms with Gasteiger partial charge in [0.25, 0.3) is 5.56 Å². The highest BCUT2D eigenvalue weighted by Gasteiger charge is 2.22. The maximum absolute atomic E-state index is 13.0. The van der Waals surface area contributed by atoms with Crippen LogP contribution in [0.5, 0.6) is 0 Å². The van der Waals surface area contributed by atoms with Crippen molar-refractivity contribution in [1.82, 2.24) is 24.4 Å². The summed E-state index contributed by atoms with van der Waals surface area (Å²) in [6, 6.07) is 4.14. The van der Waals surface area contributed by atoms with Gasteiger partial charge in [0.05, 0.1) is 0 Å². The number of hydrogen-bond acceptors (Lipinski definition) is 5. The second-order valence-electron chi connectivity index (χ2n) is 8.13. The van der Waals surface area contributed by atoms with Gasteiger partial charge in [0, 0.05) is 28.8 Å². The number of nitrogens with zero attached hydrogens (tertiary/aromatic N) is 4. The topological polar surface area (TPSA) is 71.6 Å². The Balaban J connectivity index is 1.68. The Bertz CT molecular complexity index is 1090. The second-order valence-corrected chi connectivity index (χ2v) is 9.36. The molecule has 1 aliphatic rings. The fourth-order valence-corrected chi connectivity index (χ4v) is 5.04. The molecule has 1 aliphatic heterocycles. The molecule has 150 valence electrons. The summed E-state index contributed by atoms with van der Waals surface area (Å²) in [5.41, 5.74) is 0.367. The maximum atomic E-state index is 13.0. The summed E-state index contributed by atoms with van der Waals surface area (Å²) >= 11 is 1.66. The fourth-order valence-electron chi connectivity index (χ4n) is 4.03. The fraction of sp³-hybridized carbons (Fsp3) is 0.550. The van der Waals surface area contributed by atoms with Crippen molar-refractivity contribution >= 4 is 33.0 Å². The molecule has 4 heterocycles. The van der Waals surface area contributed by atoms with Crippen LogP contribution in [0.1, 0.15) is 43.3 Å². The van der Waals surface area contributed by atoms with Crippen LogP contribution >= 0.6 is 11.3 Å². The van der Waals surface area contributed by atoms with Gasteiger partial charge in [-0.1, -0.05) is 13.8 Å². The molecule has 0 aromatic carbocycles. The molecule has 0 aliphatic carbocycles. The average Bonchev–Trinajstić information content (AvgIpc) is 3.13. The van der Waals surface area contributed by atoms with Gasteiger partial charge < -0.3 is 10.2 Å². The van der Waals surface area contributed by atoms with Crippen LogP contribution in [0.4, 0.5) is 0 Å². The number of piperidine rings is 1. The molecule has 1 N–H and O–H groups in total. The summed E-state index contributed by atoms with van der Waals surface area (Å²) in [7, 11) is 2.06. The van der Waals surface area contributed by atoms with Crippen molar-refractivity contribution in [3.8, 4) is 0 Å². The van der Waals surface area contributed by atoms with E-state index in [1.54, 1.807) is 11.3 Å². The Morgan fingerprint density at radius 1 is 1.39 bits per heavy atom. The molecule has 4 rings (SSSR count). The number of aromatic nitrogens is 3. The summed E-state index contributed by atoms with van der Waals surface area (Å²) in [5.74, 6) is 0.775. The minimum absolute atomic E-state index is 0.0485. The number of fused-ring (bicyclic) bond motifs is 3. The highest BCUT2D eigenvalue weighted by molar-refractivity contribution is 7.18. The first-order valence-corrected chi connectivity index (χ1v) is 10.7. The van der Waals surface area contributed by atoms with E-state index < -0.39 is 0 Å². The van der Waals surface area contributed by atoms with E-state index in [0.717, 1.165) is 42.0 Å². The number of likely N-dealkylation sites (N-methyl/N-ethyl adjacent to an activating group) is 1. The zero-order valence-electron chi connectivity index (χ0n) is 16.9. The van der Waals surface area contributed by atoms with Crippen molar-refractivity contribution in [3.05, 3.63) is 33.2 Å². The van der Waals surface area contributed by atoms with Gasteiger partial charge in [-0.25, -0.2) is 4.68 Å². The molecule has 0 radical (unpaired) electrons. The maximum Gasteiger partial charge on any atom is 0.291 e. The number of nitrogens with one attached hydrogen (secondary N) is 1. The standard InChI is InChI=1S/C20H27N5O2S/c1-12(2)18-22-24(11-17(26)21-15-6-5-7-23(4)10-15)19(27)16-9-14-8-13(3)28-20(14)25(16)18/h8-9,12,15H,5-7,10-11H2,1-4H3,(H,21,26)/t15-/m1/s1. The van der Waals surface area contributed by atoms with Crippen LogP contribution in [0.2, 0.25) is 0 Å². The number of aryl methyl sites for hydroxylation is 1. The third-order valence-electron chi connectivity index (χ3n) is 5.30. The van der Waals surface area contributed by atoms with Crippen molar-refractivity contribution in [3.63, 3.8) is 0 Å². The number of carbonyl (C=O) groups is 1. The molecule has 1 fully saturated rings. The van der Waals surface area contributed by atoms with Crippen molar-refractivity contribution in [2.75, 3.05) is 20.1 Å². The molecule has 0 saturated carbocycles. The molecule has 28 heavy (non-hydrogen) atoms. The molecule has 3 aromatic heterocycles. The second kappa shape index (κ2) is 7.33. The van der Waals surface area contributed by atoms with Gasteiger partial charge >= 0.3 is 0 Å². The Labute approximate surface area is 167 Å². The molecule has 3 aromatic rings. The zero-order chi connectivity index (χ0) is 20.0. The van der Waals surface area contributed by atoms with Gasteiger partial charge in [0.15, 0.2) is 0 Å². The largest absolute Gasteiger partial charge is 0.350 e. The van der Waals surface area contributed by atoms with E-state index in [0.29, 0.717) is 5.52 Å². The van der Waals surface area contributed by atoms with Crippen LogP contribution in [0.3, 0.4) is 0 Å². The van der Waals surface area contributed by atoms with Gasteiger partial charge in [0.1, 0.15) is 22.7 Å². The first-order valence-electron chi connectivity index (χ1n) is 9.84. The Morgan fingerprint density at radius 2 is 2.18 bits per heavy atom. The molecule has 8 heteroatoms. The lowest BCUT2D eigenvalue weighted by Gasteiger charge is -2.30. The lowest BCUT2D eigenvalue weighted by atomic mass is 10.1. The smallest absolute Gasteiger partial charge is 0.291 e.